The molecule has 2 aliphatic heterocycles. The first kappa shape index (κ1) is 18.7. The van der Waals surface area contributed by atoms with Crippen LogP contribution in [0.4, 0.5) is 10.1 Å². The van der Waals surface area contributed by atoms with Crippen LogP contribution < -0.4 is 4.90 Å². The van der Waals surface area contributed by atoms with Crippen molar-refractivity contribution in [3.05, 3.63) is 47.8 Å². The molecule has 1 aromatic carbocycles. The maximum atomic E-state index is 14.5. The number of rotatable bonds is 4. The summed E-state index contributed by atoms with van der Waals surface area (Å²) in [6.07, 6.45) is 7.72. The fraction of sp³-hybridized carbons (Fsp3) is 0.476. The van der Waals surface area contributed by atoms with E-state index < -0.39 is 5.82 Å². The van der Waals surface area contributed by atoms with Crippen LogP contribution in [0.3, 0.4) is 0 Å². The smallest absolute Gasteiger partial charge is 0.256 e. The number of amides is 2. The third-order valence-electron chi connectivity index (χ3n) is 5.76. The van der Waals surface area contributed by atoms with Gasteiger partial charge in [-0.05, 0) is 43.4 Å². The van der Waals surface area contributed by atoms with Crippen LogP contribution in [0.15, 0.2) is 30.6 Å². The Balaban J connectivity index is 1.50. The standard InChI is InChI=1S/C21H25FN4O2/c1-24-11-8-23-19(24)12-15-4-2-9-25(14-15)21(28)17-13-16(6-7-18(17)22)26-10-3-5-20(26)27/h6-8,11,13,15H,2-5,9-10,12,14H2,1H3. The van der Waals surface area contributed by atoms with E-state index in [9.17, 15) is 14.0 Å². The van der Waals surface area contributed by atoms with E-state index in [2.05, 4.69) is 4.98 Å². The van der Waals surface area contributed by atoms with Gasteiger partial charge in [0.25, 0.3) is 5.91 Å². The number of imidazole rings is 1. The van der Waals surface area contributed by atoms with Gasteiger partial charge in [0.05, 0.1) is 5.56 Å². The van der Waals surface area contributed by atoms with Crippen molar-refractivity contribution >= 4 is 17.5 Å². The zero-order valence-electron chi connectivity index (χ0n) is 16.1. The summed E-state index contributed by atoms with van der Waals surface area (Å²) >= 11 is 0. The molecule has 1 aromatic heterocycles. The highest BCUT2D eigenvalue weighted by Gasteiger charge is 2.28. The van der Waals surface area contributed by atoms with Crippen molar-refractivity contribution in [2.75, 3.05) is 24.5 Å². The lowest BCUT2D eigenvalue weighted by Gasteiger charge is -2.33. The highest BCUT2D eigenvalue weighted by molar-refractivity contribution is 5.99. The Morgan fingerprint density at radius 3 is 2.86 bits per heavy atom. The summed E-state index contributed by atoms with van der Waals surface area (Å²) in [4.78, 5) is 32.8. The summed E-state index contributed by atoms with van der Waals surface area (Å²) in [5, 5.41) is 0. The fourth-order valence-corrected chi connectivity index (χ4v) is 4.20. The van der Waals surface area contributed by atoms with Gasteiger partial charge in [-0.15, -0.1) is 0 Å². The van der Waals surface area contributed by atoms with Gasteiger partial charge in [0.15, 0.2) is 0 Å². The van der Waals surface area contributed by atoms with Gasteiger partial charge in [0, 0.05) is 57.6 Å². The SMILES string of the molecule is Cn1ccnc1CC1CCCN(C(=O)c2cc(N3CCCC3=O)ccc2F)C1. The second-order valence-electron chi connectivity index (χ2n) is 7.73. The Morgan fingerprint density at radius 1 is 1.29 bits per heavy atom. The van der Waals surface area contributed by atoms with Crippen molar-refractivity contribution in [3.63, 3.8) is 0 Å². The molecule has 0 spiro atoms. The number of carbonyl (C=O) groups is 2. The number of aromatic nitrogens is 2. The molecular formula is C21H25FN4O2. The average molecular weight is 384 g/mol. The van der Waals surface area contributed by atoms with Crippen molar-refractivity contribution in [2.24, 2.45) is 13.0 Å². The molecule has 2 saturated heterocycles. The molecule has 0 saturated carbocycles. The van der Waals surface area contributed by atoms with Crippen LogP contribution in [-0.2, 0) is 18.3 Å². The lowest BCUT2D eigenvalue weighted by molar-refractivity contribution is -0.117. The van der Waals surface area contributed by atoms with Crippen LogP contribution in [0.1, 0.15) is 41.9 Å². The molecule has 6 nitrogen and oxygen atoms in total. The van der Waals surface area contributed by atoms with Crippen LogP contribution in [0.2, 0.25) is 0 Å². The van der Waals surface area contributed by atoms with E-state index in [1.54, 1.807) is 22.1 Å². The average Bonchev–Trinajstić information content (AvgIpc) is 3.30. The monoisotopic (exact) mass is 384 g/mol. The van der Waals surface area contributed by atoms with Crippen LogP contribution in [0, 0.1) is 11.7 Å². The van der Waals surface area contributed by atoms with E-state index >= 15 is 0 Å². The summed E-state index contributed by atoms with van der Waals surface area (Å²) in [6.45, 7) is 1.84. The number of aryl methyl sites for hydroxylation is 1. The van der Waals surface area contributed by atoms with E-state index in [4.69, 9.17) is 0 Å². The van der Waals surface area contributed by atoms with Crippen molar-refractivity contribution in [1.82, 2.24) is 14.5 Å². The number of anilines is 1. The van der Waals surface area contributed by atoms with E-state index in [1.807, 2.05) is 17.8 Å². The van der Waals surface area contributed by atoms with Gasteiger partial charge < -0.3 is 14.4 Å². The highest BCUT2D eigenvalue weighted by Crippen LogP contribution is 2.27. The predicted octanol–water partition coefficient (Wildman–Crippen LogP) is 2.78. The summed E-state index contributed by atoms with van der Waals surface area (Å²) in [6, 6.07) is 4.40. The van der Waals surface area contributed by atoms with Crippen molar-refractivity contribution in [3.8, 4) is 0 Å². The molecule has 7 heteroatoms. The summed E-state index contributed by atoms with van der Waals surface area (Å²) in [7, 11) is 1.97. The van der Waals surface area contributed by atoms with Crippen molar-refractivity contribution in [1.29, 1.82) is 0 Å². The topological polar surface area (TPSA) is 58.4 Å². The Hall–Kier alpha value is -2.70. The summed E-state index contributed by atoms with van der Waals surface area (Å²) in [5.41, 5.74) is 0.656. The third-order valence-corrected chi connectivity index (χ3v) is 5.76. The quantitative estimate of drug-likeness (QED) is 0.815. The molecule has 2 aliphatic rings. The van der Waals surface area contributed by atoms with E-state index in [0.29, 0.717) is 37.7 Å². The molecule has 0 N–H and O–H groups in total. The minimum absolute atomic E-state index is 0.0260. The second-order valence-corrected chi connectivity index (χ2v) is 7.73. The van der Waals surface area contributed by atoms with E-state index in [1.165, 1.54) is 12.1 Å². The first-order chi connectivity index (χ1) is 13.5. The number of nitrogens with zero attached hydrogens (tertiary/aromatic N) is 4. The molecule has 2 fully saturated rings. The van der Waals surface area contributed by atoms with Crippen molar-refractivity contribution in [2.45, 2.75) is 32.1 Å². The molecule has 1 unspecified atom stereocenters. The van der Waals surface area contributed by atoms with Crippen LogP contribution in [0.5, 0.6) is 0 Å². The van der Waals surface area contributed by atoms with E-state index in [0.717, 1.165) is 31.5 Å². The molecule has 3 heterocycles. The first-order valence-electron chi connectivity index (χ1n) is 9.88. The van der Waals surface area contributed by atoms with Crippen LogP contribution in [-0.4, -0.2) is 45.9 Å². The maximum absolute atomic E-state index is 14.5. The van der Waals surface area contributed by atoms with Crippen LogP contribution in [0.25, 0.3) is 0 Å². The Kier molecular flexibility index (Phi) is 5.15. The predicted molar refractivity (Wildman–Crippen MR) is 104 cm³/mol. The Bertz CT molecular complexity index is 894. The first-order valence-corrected chi connectivity index (χ1v) is 9.88. The molecule has 148 valence electrons. The van der Waals surface area contributed by atoms with Crippen LogP contribution >= 0.6 is 0 Å². The van der Waals surface area contributed by atoms with Gasteiger partial charge >= 0.3 is 0 Å². The number of hydrogen-bond acceptors (Lipinski definition) is 3. The number of piperidine rings is 1. The summed E-state index contributed by atoms with van der Waals surface area (Å²) < 4.78 is 16.4. The number of benzene rings is 1. The molecule has 2 amide bonds. The number of halogens is 1. The number of likely N-dealkylation sites (tertiary alicyclic amines) is 1. The summed E-state index contributed by atoms with van der Waals surface area (Å²) in [5.74, 6) is 0.505. The van der Waals surface area contributed by atoms with Gasteiger partial charge in [-0.25, -0.2) is 9.37 Å². The molecular weight excluding hydrogens is 359 g/mol. The van der Waals surface area contributed by atoms with Gasteiger partial charge in [0.2, 0.25) is 5.91 Å². The van der Waals surface area contributed by atoms with Gasteiger partial charge in [0.1, 0.15) is 11.6 Å². The fourth-order valence-electron chi connectivity index (χ4n) is 4.20. The van der Waals surface area contributed by atoms with Gasteiger partial charge in [-0.2, -0.15) is 0 Å². The van der Waals surface area contributed by atoms with E-state index in [-0.39, 0.29) is 17.4 Å². The van der Waals surface area contributed by atoms with Gasteiger partial charge in [-0.1, -0.05) is 0 Å². The van der Waals surface area contributed by atoms with Gasteiger partial charge in [-0.3, -0.25) is 9.59 Å². The van der Waals surface area contributed by atoms with Crippen molar-refractivity contribution < 1.29 is 14.0 Å². The molecule has 1 atom stereocenters. The Morgan fingerprint density at radius 2 is 2.14 bits per heavy atom. The zero-order chi connectivity index (χ0) is 19.7. The third kappa shape index (κ3) is 3.66. The second kappa shape index (κ2) is 7.73. The molecule has 0 aliphatic carbocycles. The molecule has 0 radical (unpaired) electrons. The largest absolute Gasteiger partial charge is 0.338 e. The normalized spacial score (nSPS) is 20.1. The highest BCUT2D eigenvalue weighted by atomic mass is 19.1. The number of carbonyl (C=O) groups excluding carboxylic acids is 2. The molecule has 0 bridgehead atoms. The molecule has 4 rings (SSSR count). The minimum atomic E-state index is -0.536. The Labute approximate surface area is 164 Å². The molecule has 2 aromatic rings. The minimum Gasteiger partial charge on any atom is -0.338 e. The zero-order valence-corrected chi connectivity index (χ0v) is 16.1. The lowest BCUT2D eigenvalue weighted by Crippen LogP contribution is -2.41. The maximum Gasteiger partial charge on any atom is 0.256 e. The molecule has 28 heavy (non-hydrogen) atoms. The number of hydrogen-bond donors (Lipinski definition) is 0. The lowest BCUT2D eigenvalue weighted by atomic mass is 9.94.